The van der Waals surface area contributed by atoms with Crippen LogP contribution >= 0.6 is 0 Å². The molecule has 0 amide bonds. The molecule has 1 aromatic carbocycles. The van der Waals surface area contributed by atoms with Crippen molar-refractivity contribution in [3.05, 3.63) is 41.3 Å². The fourth-order valence-electron chi connectivity index (χ4n) is 3.84. The van der Waals surface area contributed by atoms with Crippen molar-refractivity contribution in [1.82, 2.24) is 15.0 Å². The van der Waals surface area contributed by atoms with Gasteiger partial charge in [0.15, 0.2) is 11.5 Å². The molecule has 3 N–H and O–H groups in total. The van der Waals surface area contributed by atoms with Gasteiger partial charge in [0, 0.05) is 25.1 Å². The lowest BCUT2D eigenvalue weighted by molar-refractivity contribution is -0.159. The van der Waals surface area contributed by atoms with Crippen LogP contribution in [0.3, 0.4) is 0 Å². The molecule has 4 rings (SSSR count). The smallest absolute Gasteiger partial charge is 0.433 e. The Morgan fingerprint density at radius 2 is 1.83 bits per heavy atom. The van der Waals surface area contributed by atoms with E-state index in [4.69, 9.17) is 24.7 Å². The second-order valence-corrected chi connectivity index (χ2v) is 8.49. The number of ether oxygens (including phenoxy) is 4. The van der Waals surface area contributed by atoms with E-state index in [2.05, 4.69) is 20.3 Å². The van der Waals surface area contributed by atoms with Gasteiger partial charge in [-0.3, -0.25) is 0 Å². The number of fused-ring (bicyclic) bond motifs is 1. The van der Waals surface area contributed by atoms with Crippen molar-refractivity contribution >= 4 is 22.5 Å². The highest BCUT2D eigenvalue weighted by molar-refractivity contribution is 5.91. The molecule has 0 unspecified atom stereocenters. The van der Waals surface area contributed by atoms with Crippen LogP contribution in [0.2, 0.25) is 0 Å². The maximum Gasteiger partial charge on any atom is 0.433 e. The summed E-state index contributed by atoms with van der Waals surface area (Å²) in [6.07, 6.45) is -4.60. The number of methoxy groups -OCH3 is 2. The molecule has 0 spiro atoms. The predicted octanol–water partition coefficient (Wildman–Crippen LogP) is 3.60. The number of pyridine rings is 1. The number of hydrogen-bond acceptors (Lipinski definition) is 9. The number of anilines is 2. The maximum atomic E-state index is 13.1. The molecule has 1 saturated heterocycles. The third-order valence-corrected chi connectivity index (χ3v) is 5.55. The van der Waals surface area contributed by atoms with Gasteiger partial charge in [-0.15, -0.1) is 0 Å². The summed E-state index contributed by atoms with van der Waals surface area (Å²) in [7, 11) is 3.16. The number of nitrogens with two attached hydrogens (primary N) is 1. The zero-order valence-corrected chi connectivity index (χ0v) is 19.5. The molecule has 1 aliphatic rings. The van der Waals surface area contributed by atoms with Crippen LogP contribution in [0.4, 0.5) is 24.8 Å². The Balaban J connectivity index is 1.63. The lowest BCUT2D eigenvalue weighted by Crippen LogP contribution is -2.50. The fraction of sp³-hybridized carbons (Fsp3) is 0.435. The average molecular weight is 493 g/mol. The second kappa shape index (κ2) is 9.70. The van der Waals surface area contributed by atoms with Crippen LogP contribution in [-0.4, -0.2) is 55.6 Å². The number of hydrogen-bond donors (Lipinski definition) is 2. The summed E-state index contributed by atoms with van der Waals surface area (Å²) in [6.45, 7) is 3.67. The molecular formula is C23H26F3N5O4. The van der Waals surface area contributed by atoms with E-state index in [1.165, 1.54) is 13.2 Å². The molecule has 1 aliphatic heterocycles. The minimum absolute atomic E-state index is 0.0395. The number of halogens is 3. The Morgan fingerprint density at radius 1 is 1.06 bits per heavy atom. The van der Waals surface area contributed by atoms with Gasteiger partial charge in [0.1, 0.15) is 29.8 Å². The number of aromatic nitrogens is 3. The standard InChI is InChI=1S/C23H26F3N5O4/c1-13-29-16-7-17(33-3)18(35-12-22(9-32-2)10-34-11-22)6-15(16)21(30-13)28-8-14-4-19(23(24,25)26)31-20(27)5-14/h4-7H,8-12H2,1-3H3,(H2,27,31)(H,28,29,30). The fourth-order valence-corrected chi connectivity index (χ4v) is 3.84. The van der Waals surface area contributed by atoms with Gasteiger partial charge < -0.3 is 30.0 Å². The Kier molecular flexibility index (Phi) is 6.86. The minimum Gasteiger partial charge on any atom is -0.493 e. The van der Waals surface area contributed by atoms with Gasteiger partial charge in [-0.05, 0) is 30.7 Å². The van der Waals surface area contributed by atoms with Crippen LogP contribution in [0.1, 0.15) is 17.1 Å². The van der Waals surface area contributed by atoms with Gasteiger partial charge >= 0.3 is 6.18 Å². The number of nitrogens with zero attached hydrogens (tertiary/aromatic N) is 3. The Morgan fingerprint density at radius 3 is 2.46 bits per heavy atom. The molecule has 0 aliphatic carbocycles. The summed E-state index contributed by atoms with van der Waals surface area (Å²) in [5.74, 6) is 1.66. The molecular weight excluding hydrogens is 467 g/mol. The number of nitrogen functional groups attached to an aromatic ring is 1. The molecule has 9 nitrogen and oxygen atoms in total. The number of nitrogens with one attached hydrogen (secondary N) is 1. The summed E-state index contributed by atoms with van der Waals surface area (Å²) in [6, 6.07) is 5.81. The highest BCUT2D eigenvalue weighted by atomic mass is 19.4. The van der Waals surface area contributed by atoms with E-state index in [0.717, 1.165) is 6.07 Å². The van der Waals surface area contributed by atoms with Gasteiger partial charge in [0.2, 0.25) is 0 Å². The molecule has 12 heteroatoms. The largest absolute Gasteiger partial charge is 0.493 e. The van der Waals surface area contributed by atoms with Crippen LogP contribution in [0.15, 0.2) is 24.3 Å². The van der Waals surface area contributed by atoms with E-state index in [0.29, 0.717) is 66.0 Å². The van der Waals surface area contributed by atoms with E-state index in [1.807, 2.05) is 0 Å². The van der Waals surface area contributed by atoms with E-state index < -0.39 is 11.9 Å². The first-order valence-electron chi connectivity index (χ1n) is 10.8. The van der Waals surface area contributed by atoms with Crippen molar-refractivity contribution in [1.29, 1.82) is 0 Å². The number of aryl methyl sites for hydroxylation is 1. The van der Waals surface area contributed by atoms with Gasteiger partial charge in [-0.25, -0.2) is 15.0 Å². The molecule has 3 aromatic rings. The topological polar surface area (TPSA) is 114 Å². The highest BCUT2D eigenvalue weighted by Gasteiger charge is 2.40. The number of alkyl halides is 3. The van der Waals surface area contributed by atoms with Gasteiger partial charge in [-0.1, -0.05) is 0 Å². The molecule has 35 heavy (non-hydrogen) atoms. The summed E-state index contributed by atoms with van der Waals surface area (Å²) in [4.78, 5) is 12.3. The lowest BCUT2D eigenvalue weighted by Gasteiger charge is -2.40. The van der Waals surface area contributed by atoms with Gasteiger partial charge in [0.05, 0.1) is 37.9 Å². The minimum atomic E-state index is -4.60. The van der Waals surface area contributed by atoms with E-state index >= 15 is 0 Å². The summed E-state index contributed by atoms with van der Waals surface area (Å²) in [5, 5.41) is 3.71. The van der Waals surface area contributed by atoms with Crippen molar-refractivity contribution in [2.24, 2.45) is 5.41 Å². The number of benzene rings is 1. The second-order valence-electron chi connectivity index (χ2n) is 8.49. The third-order valence-electron chi connectivity index (χ3n) is 5.55. The first kappa shape index (κ1) is 24.7. The first-order chi connectivity index (χ1) is 16.6. The van der Waals surface area contributed by atoms with E-state index in [1.54, 1.807) is 26.2 Å². The Labute approximate surface area is 199 Å². The van der Waals surface area contributed by atoms with Crippen LogP contribution < -0.4 is 20.5 Å². The number of rotatable bonds is 9. The summed E-state index contributed by atoms with van der Waals surface area (Å²) in [5.41, 5.74) is 5.20. The van der Waals surface area contributed by atoms with Gasteiger partial charge in [-0.2, -0.15) is 13.2 Å². The van der Waals surface area contributed by atoms with E-state index in [9.17, 15) is 13.2 Å². The third kappa shape index (κ3) is 5.49. The molecule has 188 valence electrons. The molecule has 1 fully saturated rings. The molecule has 0 radical (unpaired) electrons. The Bertz CT molecular complexity index is 1220. The maximum absolute atomic E-state index is 13.1. The van der Waals surface area contributed by atoms with Crippen molar-refractivity contribution in [3.63, 3.8) is 0 Å². The molecule has 0 atom stereocenters. The molecule has 0 bridgehead atoms. The summed E-state index contributed by atoms with van der Waals surface area (Å²) < 4.78 is 61.6. The normalized spacial score (nSPS) is 15.0. The lowest BCUT2D eigenvalue weighted by atomic mass is 9.88. The first-order valence-corrected chi connectivity index (χ1v) is 10.8. The van der Waals surface area contributed by atoms with Crippen molar-refractivity contribution in [3.8, 4) is 11.5 Å². The quantitative estimate of drug-likeness (QED) is 0.462. The van der Waals surface area contributed by atoms with Crippen molar-refractivity contribution in [2.75, 3.05) is 51.7 Å². The Hall–Kier alpha value is -3.38. The SMILES string of the molecule is COCC1(COc2cc3c(NCc4cc(N)nc(C(F)(F)F)c4)nc(C)nc3cc2OC)COC1. The zero-order chi connectivity index (χ0) is 25.2. The van der Waals surface area contributed by atoms with Crippen LogP contribution in [0.5, 0.6) is 11.5 Å². The zero-order valence-electron chi connectivity index (χ0n) is 19.5. The van der Waals surface area contributed by atoms with E-state index in [-0.39, 0.29) is 17.8 Å². The predicted molar refractivity (Wildman–Crippen MR) is 122 cm³/mol. The van der Waals surface area contributed by atoms with Crippen molar-refractivity contribution in [2.45, 2.75) is 19.6 Å². The average Bonchev–Trinajstić information content (AvgIpc) is 2.77. The van der Waals surface area contributed by atoms with Crippen LogP contribution in [0.25, 0.3) is 10.9 Å². The highest BCUT2D eigenvalue weighted by Crippen LogP contribution is 2.37. The molecule has 0 saturated carbocycles. The molecule has 3 heterocycles. The van der Waals surface area contributed by atoms with Crippen LogP contribution in [-0.2, 0) is 22.2 Å². The van der Waals surface area contributed by atoms with Crippen molar-refractivity contribution < 1.29 is 32.1 Å². The van der Waals surface area contributed by atoms with Gasteiger partial charge in [0.25, 0.3) is 0 Å². The monoisotopic (exact) mass is 493 g/mol. The molecule has 2 aromatic heterocycles. The summed E-state index contributed by atoms with van der Waals surface area (Å²) >= 11 is 0. The van der Waals surface area contributed by atoms with Crippen LogP contribution in [0, 0.1) is 12.3 Å².